The average Bonchev–Trinajstić information content (AvgIpc) is 2.68. The highest BCUT2D eigenvalue weighted by atomic mass is 79.9. The maximum absolute atomic E-state index is 12.2. The van der Waals surface area contributed by atoms with Crippen molar-refractivity contribution in [2.75, 3.05) is 0 Å². The van der Waals surface area contributed by atoms with Crippen molar-refractivity contribution in [1.82, 2.24) is 5.43 Å². The van der Waals surface area contributed by atoms with Crippen LogP contribution in [0.1, 0.15) is 15.9 Å². The minimum Gasteiger partial charge on any atom is -0.267 e. The molecule has 0 bridgehead atoms. The number of halogens is 1. The molecule has 0 aliphatic carbocycles. The predicted molar refractivity (Wildman–Crippen MR) is 111 cm³/mol. The number of amides is 1. The Morgan fingerprint density at radius 2 is 1.42 bits per heavy atom. The van der Waals surface area contributed by atoms with Crippen LogP contribution in [0.3, 0.4) is 0 Å². The summed E-state index contributed by atoms with van der Waals surface area (Å²) in [5, 5.41) is 8.70. The maximum Gasteiger partial charge on any atom is 0.271 e. The smallest absolute Gasteiger partial charge is 0.267 e. The first-order chi connectivity index (χ1) is 12.7. The molecule has 0 aliphatic rings. The van der Waals surface area contributed by atoms with Crippen LogP contribution in [-0.2, 0) is 0 Å². The highest BCUT2D eigenvalue weighted by Gasteiger charge is 2.06. The lowest BCUT2D eigenvalue weighted by Crippen LogP contribution is -2.17. The fraction of sp³-hybridized carbons (Fsp3) is 0. The van der Waals surface area contributed by atoms with Gasteiger partial charge in [0.05, 0.1) is 6.21 Å². The van der Waals surface area contributed by atoms with Gasteiger partial charge in [-0.1, -0.05) is 64.5 Å². The number of fused-ring (bicyclic) bond motifs is 2. The molecule has 0 spiro atoms. The van der Waals surface area contributed by atoms with Crippen molar-refractivity contribution < 1.29 is 4.79 Å². The van der Waals surface area contributed by atoms with E-state index in [-0.39, 0.29) is 5.91 Å². The minimum absolute atomic E-state index is 0.238. The first kappa shape index (κ1) is 16.5. The number of nitrogens with zero attached hydrogens (tertiary/aromatic N) is 1. The van der Waals surface area contributed by atoms with E-state index in [1.54, 1.807) is 18.3 Å². The van der Waals surface area contributed by atoms with Crippen LogP contribution in [0.4, 0.5) is 0 Å². The summed E-state index contributed by atoms with van der Waals surface area (Å²) < 4.78 is 0.930. The second kappa shape index (κ2) is 7.10. The largest absolute Gasteiger partial charge is 0.271 e. The Kier molecular flexibility index (Phi) is 4.50. The Hall–Kier alpha value is -2.98. The normalized spacial score (nSPS) is 11.3. The molecule has 1 N–H and O–H groups in total. The number of hydrogen-bond acceptors (Lipinski definition) is 2. The zero-order chi connectivity index (χ0) is 17.9. The van der Waals surface area contributed by atoms with Crippen LogP contribution in [0.15, 0.2) is 88.4 Å². The molecule has 0 radical (unpaired) electrons. The molecule has 0 saturated carbocycles. The topological polar surface area (TPSA) is 41.5 Å². The van der Waals surface area contributed by atoms with Gasteiger partial charge in [-0.15, -0.1) is 0 Å². The lowest BCUT2D eigenvalue weighted by atomic mass is 9.97. The third-order valence-corrected chi connectivity index (χ3v) is 4.81. The first-order valence-electron chi connectivity index (χ1n) is 8.22. The molecule has 0 saturated heterocycles. The Labute approximate surface area is 159 Å². The van der Waals surface area contributed by atoms with Crippen LogP contribution in [0.2, 0.25) is 0 Å². The Morgan fingerprint density at radius 3 is 2.04 bits per heavy atom. The van der Waals surface area contributed by atoms with Gasteiger partial charge in [0, 0.05) is 15.6 Å². The lowest BCUT2D eigenvalue weighted by molar-refractivity contribution is 0.0955. The van der Waals surface area contributed by atoms with Crippen molar-refractivity contribution in [3.63, 3.8) is 0 Å². The van der Waals surface area contributed by atoms with E-state index in [1.165, 1.54) is 0 Å². The SMILES string of the molecule is O=C(N/N=C\c1c2ccccc2cc2ccccc12)c1ccc(Br)cc1. The molecule has 0 heterocycles. The van der Waals surface area contributed by atoms with Gasteiger partial charge in [-0.05, 0) is 51.9 Å². The summed E-state index contributed by atoms with van der Waals surface area (Å²) in [5.74, 6) is -0.238. The summed E-state index contributed by atoms with van der Waals surface area (Å²) >= 11 is 3.36. The van der Waals surface area contributed by atoms with Gasteiger partial charge in [-0.3, -0.25) is 4.79 Å². The molecule has 126 valence electrons. The van der Waals surface area contributed by atoms with E-state index >= 15 is 0 Å². The van der Waals surface area contributed by atoms with Crippen LogP contribution in [0.25, 0.3) is 21.5 Å². The fourth-order valence-corrected chi connectivity index (χ4v) is 3.27. The number of carbonyl (C=O) groups excluding carboxylic acids is 1. The van der Waals surface area contributed by atoms with E-state index in [4.69, 9.17) is 0 Å². The Balaban J connectivity index is 1.70. The second-order valence-corrected chi connectivity index (χ2v) is 6.85. The van der Waals surface area contributed by atoms with E-state index in [9.17, 15) is 4.79 Å². The monoisotopic (exact) mass is 402 g/mol. The quantitative estimate of drug-likeness (QED) is 0.273. The highest BCUT2D eigenvalue weighted by Crippen LogP contribution is 2.27. The number of hydrogen-bond donors (Lipinski definition) is 1. The molecule has 4 rings (SSSR count). The van der Waals surface area contributed by atoms with Gasteiger partial charge in [-0.25, -0.2) is 5.43 Å². The third kappa shape index (κ3) is 3.24. The van der Waals surface area contributed by atoms with Gasteiger partial charge in [0.2, 0.25) is 0 Å². The predicted octanol–water partition coefficient (Wildman–Crippen LogP) is 5.52. The van der Waals surface area contributed by atoms with Crippen LogP contribution in [0.5, 0.6) is 0 Å². The standard InChI is InChI=1S/C22H15BrN2O/c23-18-11-9-15(10-12-18)22(26)25-24-14-21-19-7-3-1-5-16(19)13-17-6-2-4-8-20(17)21/h1-14H,(H,25,26)/b24-14-. The average molecular weight is 403 g/mol. The van der Waals surface area contributed by atoms with Gasteiger partial charge in [0.25, 0.3) is 5.91 Å². The number of carbonyl (C=O) groups is 1. The summed E-state index contributed by atoms with van der Waals surface area (Å²) in [4.78, 5) is 12.2. The molecular formula is C22H15BrN2O. The number of hydrazone groups is 1. The molecule has 4 aromatic rings. The van der Waals surface area contributed by atoms with E-state index in [2.05, 4.69) is 56.8 Å². The Bertz CT molecular complexity index is 1080. The lowest BCUT2D eigenvalue weighted by Gasteiger charge is -2.08. The second-order valence-electron chi connectivity index (χ2n) is 5.94. The Morgan fingerprint density at radius 1 is 0.846 bits per heavy atom. The van der Waals surface area contributed by atoms with Gasteiger partial charge >= 0.3 is 0 Å². The molecule has 3 nitrogen and oxygen atoms in total. The molecule has 0 aromatic heterocycles. The molecular weight excluding hydrogens is 388 g/mol. The van der Waals surface area contributed by atoms with Crippen LogP contribution in [-0.4, -0.2) is 12.1 Å². The van der Waals surface area contributed by atoms with Crippen molar-refractivity contribution in [2.45, 2.75) is 0 Å². The summed E-state index contributed by atoms with van der Waals surface area (Å²) in [6.45, 7) is 0. The van der Waals surface area contributed by atoms with Gasteiger partial charge in [-0.2, -0.15) is 5.10 Å². The van der Waals surface area contributed by atoms with E-state index in [1.807, 2.05) is 36.4 Å². The van der Waals surface area contributed by atoms with Crippen LogP contribution in [0, 0.1) is 0 Å². The first-order valence-corrected chi connectivity index (χ1v) is 9.01. The minimum atomic E-state index is -0.238. The van der Waals surface area contributed by atoms with Crippen molar-refractivity contribution in [3.05, 3.63) is 94.5 Å². The highest BCUT2D eigenvalue weighted by molar-refractivity contribution is 9.10. The van der Waals surface area contributed by atoms with Gasteiger partial charge in [0.1, 0.15) is 0 Å². The van der Waals surface area contributed by atoms with Crippen LogP contribution >= 0.6 is 15.9 Å². The number of nitrogens with one attached hydrogen (secondary N) is 1. The summed E-state index contributed by atoms with van der Waals surface area (Å²) in [5.41, 5.74) is 4.17. The summed E-state index contributed by atoms with van der Waals surface area (Å²) in [7, 11) is 0. The van der Waals surface area contributed by atoms with Crippen molar-refractivity contribution in [2.24, 2.45) is 5.10 Å². The molecule has 0 unspecified atom stereocenters. The van der Waals surface area contributed by atoms with Crippen molar-refractivity contribution in [1.29, 1.82) is 0 Å². The van der Waals surface area contributed by atoms with Gasteiger partial charge < -0.3 is 0 Å². The van der Waals surface area contributed by atoms with Crippen molar-refractivity contribution in [3.8, 4) is 0 Å². The van der Waals surface area contributed by atoms with E-state index in [0.717, 1.165) is 31.6 Å². The molecule has 1 amide bonds. The number of benzene rings is 4. The van der Waals surface area contributed by atoms with Crippen LogP contribution < -0.4 is 5.43 Å². The third-order valence-electron chi connectivity index (χ3n) is 4.28. The fourth-order valence-electron chi connectivity index (χ4n) is 3.01. The van der Waals surface area contributed by atoms with E-state index in [0.29, 0.717) is 5.56 Å². The van der Waals surface area contributed by atoms with Crippen molar-refractivity contribution >= 4 is 49.6 Å². The molecule has 4 heteroatoms. The molecule has 4 aromatic carbocycles. The molecule has 0 atom stereocenters. The molecule has 0 aliphatic heterocycles. The zero-order valence-corrected chi connectivity index (χ0v) is 15.4. The maximum atomic E-state index is 12.2. The number of rotatable bonds is 3. The molecule has 0 fully saturated rings. The summed E-state index contributed by atoms with van der Waals surface area (Å²) in [6, 6.07) is 25.7. The summed E-state index contributed by atoms with van der Waals surface area (Å²) in [6.07, 6.45) is 1.72. The molecule has 26 heavy (non-hydrogen) atoms. The van der Waals surface area contributed by atoms with Gasteiger partial charge in [0.15, 0.2) is 0 Å². The zero-order valence-electron chi connectivity index (χ0n) is 13.8. The van der Waals surface area contributed by atoms with E-state index < -0.39 is 0 Å².